The third kappa shape index (κ3) is 4.87. The molecule has 0 atom stereocenters. The highest BCUT2D eigenvalue weighted by Gasteiger charge is 2.24. The fraction of sp³-hybridized carbons (Fsp3) is 0.350. The molecule has 0 fully saturated rings. The van der Waals surface area contributed by atoms with E-state index in [0.29, 0.717) is 5.92 Å². The van der Waals surface area contributed by atoms with Crippen LogP contribution < -0.4 is 4.74 Å². The molecule has 0 saturated heterocycles. The number of hydrogen-bond acceptors (Lipinski definition) is 5. The molecule has 0 radical (unpaired) electrons. The van der Waals surface area contributed by atoms with Crippen molar-refractivity contribution in [3.8, 4) is 5.75 Å². The van der Waals surface area contributed by atoms with E-state index in [2.05, 4.69) is 13.8 Å². The van der Waals surface area contributed by atoms with Gasteiger partial charge in [-0.2, -0.15) is 0 Å². The van der Waals surface area contributed by atoms with Gasteiger partial charge in [0.1, 0.15) is 17.3 Å². The average molecular weight is 391 g/mol. The van der Waals surface area contributed by atoms with E-state index in [9.17, 15) is 13.2 Å². The van der Waals surface area contributed by atoms with Crippen LogP contribution in [0.5, 0.6) is 5.75 Å². The summed E-state index contributed by atoms with van der Waals surface area (Å²) in [5.41, 5.74) is 2.22. The quantitative estimate of drug-likeness (QED) is 0.676. The third-order valence-electron chi connectivity index (χ3n) is 4.17. The molecule has 6 nitrogen and oxygen atoms in total. The number of methoxy groups -OCH3 is 1. The van der Waals surface area contributed by atoms with Gasteiger partial charge in [-0.15, -0.1) is 0 Å². The second kappa shape index (κ2) is 8.54. The zero-order chi connectivity index (χ0) is 20.2. The van der Waals surface area contributed by atoms with E-state index in [0.717, 1.165) is 9.87 Å². The molecule has 0 unspecified atom stereocenters. The van der Waals surface area contributed by atoms with E-state index in [-0.39, 0.29) is 22.8 Å². The van der Waals surface area contributed by atoms with Gasteiger partial charge in [-0.25, -0.2) is 17.5 Å². The second-order valence-corrected chi connectivity index (χ2v) is 8.75. The molecule has 27 heavy (non-hydrogen) atoms. The lowest BCUT2D eigenvalue weighted by Crippen LogP contribution is -2.23. The van der Waals surface area contributed by atoms with E-state index in [4.69, 9.17) is 9.47 Å². The molecule has 2 aromatic rings. The van der Waals surface area contributed by atoms with E-state index in [1.165, 1.54) is 45.0 Å². The van der Waals surface area contributed by atoms with Crippen LogP contribution in [-0.4, -0.2) is 39.9 Å². The SMILES string of the molecule is COc1ccc(C(=O)OCc2ccc(C(C)C)cc2)cc1S(=O)(=O)N(C)C. The largest absolute Gasteiger partial charge is 0.495 e. The highest BCUT2D eigenvalue weighted by molar-refractivity contribution is 7.89. The van der Waals surface area contributed by atoms with Crippen molar-refractivity contribution in [2.45, 2.75) is 31.3 Å². The molecular weight excluding hydrogens is 366 g/mol. The summed E-state index contributed by atoms with van der Waals surface area (Å²) in [6, 6.07) is 12.0. The van der Waals surface area contributed by atoms with Crippen LogP contribution >= 0.6 is 0 Å². The van der Waals surface area contributed by atoms with Crippen LogP contribution in [0.3, 0.4) is 0 Å². The van der Waals surface area contributed by atoms with Gasteiger partial charge in [0.25, 0.3) is 0 Å². The molecule has 146 valence electrons. The first kappa shape index (κ1) is 20.9. The Kier molecular flexibility index (Phi) is 6.62. The molecule has 0 aliphatic rings. The maximum Gasteiger partial charge on any atom is 0.338 e. The second-order valence-electron chi connectivity index (χ2n) is 6.63. The van der Waals surface area contributed by atoms with Gasteiger partial charge in [-0.3, -0.25) is 0 Å². The lowest BCUT2D eigenvalue weighted by molar-refractivity contribution is 0.0472. The maximum absolute atomic E-state index is 12.4. The third-order valence-corrected chi connectivity index (χ3v) is 6.01. The lowest BCUT2D eigenvalue weighted by atomic mass is 10.0. The number of benzene rings is 2. The predicted molar refractivity (Wildman–Crippen MR) is 104 cm³/mol. The zero-order valence-corrected chi connectivity index (χ0v) is 17.0. The lowest BCUT2D eigenvalue weighted by Gasteiger charge is -2.15. The minimum atomic E-state index is -3.76. The minimum absolute atomic E-state index is 0.0780. The summed E-state index contributed by atoms with van der Waals surface area (Å²) in [6.07, 6.45) is 0. The van der Waals surface area contributed by atoms with Gasteiger partial charge in [-0.05, 0) is 35.2 Å². The molecule has 2 rings (SSSR count). The van der Waals surface area contributed by atoms with Crippen molar-refractivity contribution in [1.29, 1.82) is 0 Å². The smallest absolute Gasteiger partial charge is 0.338 e. The van der Waals surface area contributed by atoms with Gasteiger partial charge in [-0.1, -0.05) is 38.1 Å². The number of esters is 1. The van der Waals surface area contributed by atoms with Crippen LogP contribution in [0.15, 0.2) is 47.4 Å². The Morgan fingerprint density at radius 1 is 1.07 bits per heavy atom. The molecule has 0 spiro atoms. The number of carbonyl (C=O) groups is 1. The highest BCUT2D eigenvalue weighted by Crippen LogP contribution is 2.27. The Hall–Kier alpha value is -2.38. The van der Waals surface area contributed by atoms with Crippen LogP contribution in [-0.2, 0) is 21.4 Å². The first-order valence-electron chi connectivity index (χ1n) is 8.53. The fourth-order valence-electron chi connectivity index (χ4n) is 2.43. The minimum Gasteiger partial charge on any atom is -0.495 e. The van der Waals surface area contributed by atoms with Crippen LogP contribution in [0.2, 0.25) is 0 Å². The van der Waals surface area contributed by atoms with Gasteiger partial charge in [0.15, 0.2) is 0 Å². The summed E-state index contributed by atoms with van der Waals surface area (Å²) in [6.45, 7) is 4.33. The normalized spacial score (nSPS) is 11.7. The Morgan fingerprint density at radius 2 is 1.70 bits per heavy atom. The number of carbonyl (C=O) groups excluding carboxylic acids is 1. The zero-order valence-electron chi connectivity index (χ0n) is 16.2. The monoisotopic (exact) mass is 391 g/mol. The predicted octanol–water partition coefficient (Wildman–Crippen LogP) is 3.43. The van der Waals surface area contributed by atoms with Gasteiger partial charge in [0, 0.05) is 14.1 Å². The van der Waals surface area contributed by atoms with Gasteiger partial charge in [0.05, 0.1) is 12.7 Å². The number of ether oxygens (including phenoxy) is 2. The summed E-state index contributed by atoms with van der Waals surface area (Å²) in [5, 5.41) is 0. The van der Waals surface area contributed by atoms with Crippen molar-refractivity contribution in [3.05, 3.63) is 59.2 Å². The van der Waals surface area contributed by atoms with Crippen molar-refractivity contribution in [1.82, 2.24) is 4.31 Å². The van der Waals surface area contributed by atoms with Crippen molar-refractivity contribution < 1.29 is 22.7 Å². The highest BCUT2D eigenvalue weighted by atomic mass is 32.2. The van der Waals surface area contributed by atoms with E-state index in [1.54, 1.807) is 0 Å². The van der Waals surface area contributed by atoms with E-state index < -0.39 is 16.0 Å². The number of nitrogens with zero attached hydrogens (tertiary/aromatic N) is 1. The molecular formula is C20H25NO5S. The molecule has 0 N–H and O–H groups in total. The van der Waals surface area contributed by atoms with Crippen molar-refractivity contribution in [2.75, 3.05) is 21.2 Å². The van der Waals surface area contributed by atoms with E-state index in [1.807, 2.05) is 24.3 Å². The molecule has 0 aliphatic carbocycles. The Balaban J connectivity index is 2.19. The fourth-order valence-corrected chi connectivity index (χ4v) is 3.51. The van der Waals surface area contributed by atoms with Gasteiger partial charge >= 0.3 is 5.97 Å². The molecule has 0 amide bonds. The number of sulfonamides is 1. The van der Waals surface area contributed by atoms with Crippen molar-refractivity contribution >= 4 is 16.0 Å². The van der Waals surface area contributed by atoms with Gasteiger partial charge in [0.2, 0.25) is 10.0 Å². The summed E-state index contributed by atoms with van der Waals surface area (Å²) >= 11 is 0. The molecule has 7 heteroatoms. The molecule has 2 aromatic carbocycles. The maximum atomic E-state index is 12.4. The molecule has 0 aromatic heterocycles. The van der Waals surface area contributed by atoms with Crippen molar-refractivity contribution in [3.63, 3.8) is 0 Å². The van der Waals surface area contributed by atoms with Gasteiger partial charge < -0.3 is 9.47 Å². The molecule has 0 saturated carbocycles. The van der Waals surface area contributed by atoms with Crippen molar-refractivity contribution in [2.24, 2.45) is 0 Å². The Labute approximate surface area is 160 Å². The number of hydrogen-bond donors (Lipinski definition) is 0. The molecule has 0 heterocycles. The van der Waals surface area contributed by atoms with Crippen LogP contribution in [0.1, 0.15) is 41.3 Å². The average Bonchev–Trinajstić information content (AvgIpc) is 2.65. The number of rotatable bonds is 7. The summed E-state index contributed by atoms with van der Waals surface area (Å²) in [7, 11) is 0.457. The standard InChI is InChI=1S/C20H25NO5S/c1-14(2)16-8-6-15(7-9-16)13-26-20(22)17-10-11-18(25-5)19(12-17)27(23,24)21(3)4/h6-12,14H,13H2,1-5H3. The summed E-state index contributed by atoms with van der Waals surface area (Å²) in [5.74, 6) is 0.00304. The molecule has 0 bridgehead atoms. The topological polar surface area (TPSA) is 72.9 Å². The van der Waals surface area contributed by atoms with Crippen LogP contribution in [0, 0.1) is 0 Å². The van der Waals surface area contributed by atoms with Crippen LogP contribution in [0.4, 0.5) is 0 Å². The van der Waals surface area contributed by atoms with Crippen LogP contribution in [0.25, 0.3) is 0 Å². The Morgan fingerprint density at radius 3 is 2.22 bits per heavy atom. The Bertz CT molecular complexity index is 902. The summed E-state index contributed by atoms with van der Waals surface area (Å²) < 4.78 is 36.4. The van der Waals surface area contributed by atoms with E-state index >= 15 is 0 Å². The first-order valence-corrected chi connectivity index (χ1v) is 9.97. The summed E-state index contributed by atoms with van der Waals surface area (Å²) in [4.78, 5) is 12.3. The first-order chi connectivity index (χ1) is 12.7. The molecule has 0 aliphatic heterocycles.